The molecule has 1 aliphatic rings. The zero-order valence-corrected chi connectivity index (χ0v) is 12.5. The van der Waals surface area contributed by atoms with Crippen molar-refractivity contribution in [2.45, 2.75) is 23.5 Å². The lowest BCUT2D eigenvalue weighted by Crippen LogP contribution is -2.41. The molecule has 0 bridgehead atoms. The lowest BCUT2D eigenvalue weighted by Gasteiger charge is -2.27. The van der Waals surface area contributed by atoms with Gasteiger partial charge in [-0.1, -0.05) is 0 Å². The Morgan fingerprint density at radius 1 is 1.55 bits per heavy atom. The van der Waals surface area contributed by atoms with E-state index in [1.165, 1.54) is 18.2 Å². The summed E-state index contributed by atoms with van der Waals surface area (Å²) in [5, 5.41) is 9.79. The maximum atomic E-state index is 13.2. The molecular weight excluding hydrogens is 279 g/mol. The second kappa shape index (κ2) is 6.11. The zero-order chi connectivity index (χ0) is 14.9. The first kappa shape index (κ1) is 15.3. The van der Waals surface area contributed by atoms with Crippen LogP contribution in [-0.2, 0) is 0 Å². The molecule has 1 saturated heterocycles. The molecule has 4 nitrogen and oxygen atoms in total. The summed E-state index contributed by atoms with van der Waals surface area (Å²) < 4.78 is 13.2. The third kappa shape index (κ3) is 3.31. The van der Waals surface area contributed by atoms with E-state index in [1.54, 1.807) is 4.90 Å². The molecule has 110 valence electrons. The average Bonchev–Trinajstić information content (AvgIpc) is 2.72. The van der Waals surface area contributed by atoms with Crippen molar-refractivity contribution >= 4 is 18.5 Å². The topological polar surface area (TPSA) is 43.8 Å². The molecular formula is C14H19FN2O2S. The van der Waals surface area contributed by atoms with E-state index in [-0.39, 0.29) is 16.8 Å². The number of likely N-dealkylation sites (tertiary alicyclic amines) is 1. The highest BCUT2D eigenvalue weighted by Gasteiger charge is 2.34. The van der Waals surface area contributed by atoms with E-state index >= 15 is 0 Å². The summed E-state index contributed by atoms with van der Waals surface area (Å²) in [6, 6.07) is 4.09. The molecule has 2 atom stereocenters. The van der Waals surface area contributed by atoms with E-state index in [9.17, 15) is 14.3 Å². The fraction of sp³-hybridized carbons (Fsp3) is 0.500. The molecule has 0 aromatic heterocycles. The molecule has 1 heterocycles. The molecule has 0 aliphatic carbocycles. The first-order chi connectivity index (χ1) is 9.38. The van der Waals surface area contributed by atoms with Crippen molar-refractivity contribution in [1.29, 1.82) is 0 Å². The number of hydrogen-bond donors (Lipinski definition) is 2. The van der Waals surface area contributed by atoms with Crippen LogP contribution < -0.4 is 0 Å². The predicted molar refractivity (Wildman–Crippen MR) is 77.7 cm³/mol. The van der Waals surface area contributed by atoms with E-state index < -0.39 is 11.9 Å². The van der Waals surface area contributed by atoms with E-state index in [0.717, 1.165) is 0 Å². The number of likely N-dealkylation sites (N-methyl/N-ethyl adjacent to an activating group) is 1. The first-order valence-corrected chi connectivity index (χ1v) is 6.95. The summed E-state index contributed by atoms with van der Waals surface area (Å²) in [7, 11) is 3.86. The summed E-state index contributed by atoms with van der Waals surface area (Å²) in [4.78, 5) is 16.3. The normalized spacial score (nSPS) is 22.6. The number of carbonyl (C=O) groups is 1. The van der Waals surface area contributed by atoms with Crippen LogP contribution in [0.15, 0.2) is 23.1 Å². The number of thiol groups is 1. The molecule has 2 unspecified atom stereocenters. The van der Waals surface area contributed by atoms with Crippen LogP contribution in [-0.4, -0.2) is 60.1 Å². The standard InChI is InChI=1S/C14H19FN2O2S/c1-16(2)7-10-6-11(18)8-17(10)14(19)9-3-4-12(15)13(20)5-9/h3-5,10-11,18,20H,6-8H2,1-2H3. The number of amides is 1. The van der Waals surface area contributed by atoms with Gasteiger partial charge in [0.25, 0.3) is 5.91 Å². The van der Waals surface area contributed by atoms with Gasteiger partial charge in [0.2, 0.25) is 0 Å². The van der Waals surface area contributed by atoms with Gasteiger partial charge in [-0.15, -0.1) is 12.6 Å². The molecule has 1 amide bonds. The highest BCUT2D eigenvalue weighted by Crippen LogP contribution is 2.23. The number of halogens is 1. The largest absolute Gasteiger partial charge is 0.391 e. The zero-order valence-electron chi connectivity index (χ0n) is 11.6. The van der Waals surface area contributed by atoms with Crippen molar-refractivity contribution in [2.75, 3.05) is 27.2 Å². The quantitative estimate of drug-likeness (QED) is 0.826. The van der Waals surface area contributed by atoms with Crippen molar-refractivity contribution in [3.05, 3.63) is 29.6 Å². The number of β-amino-alcohol motifs (C(OH)–C–C–N with tert-alkyl or cyclic N) is 1. The second-order valence-corrected chi connectivity index (χ2v) is 5.91. The minimum absolute atomic E-state index is 0.0269. The molecule has 0 spiro atoms. The summed E-state index contributed by atoms with van der Waals surface area (Å²) in [5.41, 5.74) is 0.397. The van der Waals surface area contributed by atoms with Crippen LogP contribution >= 0.6 is 12.6 Å². The van der Waals surface area contributed by atoms with Crippen LogP contribution in [0.25, 0.3) is 0 Å². The van der Waals surface area contributed by atoms with Crippen LogP contribution in [0, 0.1) is 5.82 Å². The maximum absolute atomic E-state index is 13.2. The van der Waals surface area contributed by atoms with Crippen molar-refractivity contribution in [3.63, 3.8) is 0 Å². The van der Waals surface area contributed by atoms with E-state index in [2.05, 4.69) is 12.6 Å². The van der Waals surface area contributed by atoms with Gasteiger partial charge < -0.3 is 14.9 Å². The molecule has 1 N–H and O–H groups in total. The minimum Gasteiger partial charge on any atom is -0.391 e. The van der Waals surface area contributed by atoms with E-state index in [0.29, 0.717) is 25.1 Å². The Kier molecular flexibility index (Phi) is 4.67. The lowest BCUT2D eigenvalue weighted by atomic mass is 10.1. The Morgan fingerprint density at radius 3 is 2.85 bits per heavy atom. The Balaban J connectivity index is 2.19. The van der Waals surface area contributed by atoms with Crippen LogP contribution in [0.5, 0.6) is 0 Å². The summed E-state index contributed by atoms with van der Waals surface area (Å²) in [6.45, 7) is 1.01. The molecule has 0 radical (unpaired) electrons. The molecule has 2 rings (SSSR count). The van der Waals surface area contributed by atoms with Crippen LogP contribution in [0.1, 0.15) is 16.8 Å². The van der Waals surface area contributed by atoms with Gasteiger partial charge >= 0.3 is 0 Å². The monoisotopic (exact) mass is 298 g/mol. The van der Waals surface area contributed by atoms with Crippen molar-refractivity contribution in [3.8, 4) is 0 Å². The molecule has 20 heavy (non-hydrogen) atoms. The number of nitrogens with zero attached hydrogens (tertiary/aromatic N) is 2. The molecule has 0 saturated carbocycles. The van der Waals surface area contributed by atoms with Crippen LogP contribution in [0.4, 0.5) is 4.39 Å². The summed E-state index contributed by atoms with van der Waals surface area (Å²) in [5.74, 6) is -0.639. The molecule has 1 aromatic rings. The maximum Gasteiger partial charge on any atom is 0.254 e. The fourth-order valence-electron chi connectivity index (χ4n) is 2.55. The van der Waals surface area contributed by atoms with Crippen molar-refractivity contribution < 1.29 is 14.3 Å². The van der Waals surface area contributed by atoms with Gasteiger partial charge in [0, 0.05) is 29.6 Å². The summed E-state index contributed by atoms with van der Waals surface area (Å²) in [6.07, 6.45) is 0.0681. The SMILES string of the molecule is CN(C)CC1CC(O)CN1C(=O)c1ccc(F)c(S)c1. The van der Waals surface area contributed by atoms with E-state index in [1.807, 2.05) is 19.0 Å². The number of hydrogen-bond acceptors (Lipinski definition) is 4. The Labute approximate surface area is 123 Å². The average molecular weight is 298 g/mol. The fourth-order valence-corrected chi connectivity index (χ4v) is 2.76. The number of benzene rings is 1. The Hall–Kier alpha value is -1.11. The number of rotatable bonds is 3. The molecule has 1 fully saturated rings. The van der Waals surface area contributed by atoms with Gasteiger partial charge in [-0.2, -0.15) is 0 Å². The molecule has 1 aromatic carbocycles. The van der Waals surface area contributed by atoms with E-state index in [4.69, 9.17) is 0 Å². The number of aliphatic hydroxyl groups is 1. The third-order valence-electron chi connectivity index (χ3n) is 3.42. The summed E-state index contributed by atoms with van der Waals surface area (Å²) >= 11 is 4.00. The smallest absolute Gasteiger partial charge is 0.254 e. The molecule has 1 aliphatic heterocycles. The number of aliphatic hydroxyl groups excluding tert-OH is 1. The Bertz CT molecular complexity index is 510. The highest BCUT2D eigenvalue weighted by molar-refractivity contribution is 7.80. The van der Waals surface area contributed by atoms with Crippen LogP contribution in [0.3, 0.4) is 0 Å². The second-order valence-electron chi connectivity index (χ2n) is 5.43. The first-order valence-electron chi connectivity index (χ1n) is 6.50. The van der Waals surface area contributed by atoms with Gasteiger partial charge in [-0.3, -0.25) is 4.79 Å². The van der Waals surface area contributed by atoms with Gasteiger partial charge in [0.1, 0.15) is 5.82 Å². The number of carbonyl (C=O) groups excluding carboxylic acids is 1. The predicted octanol–water partition coefficient (Wildman–Crippen LogP) is 1.25. The van der Waals surface area contributed by atoms with Gasteiger partial charge in [0.05, 0.1) is 6.10 Å². The van der Waals surface area contributed by atoms with Crippen molar-refractivity contribution in [1.82, 2.24) is 9.80 Å². The van der Waals surface area contributed by atoms with Crippen molar-refractivity contribution in [2.24, 2.45) is 0 Å². The lowest BCUT2D eigenvalue weighted by molar-refractivity contribution is 0.0699. The van der Waals surface area contributed by atoms with Gasteiger partial charge in [-0.05, 0) is 38.7 Å². The molecule has 6 heteroatoms. The highest BCUT2D eigenvalue weighted by atomic mass is 32.1. The third-order valence-corrected chi connectivity index (χ3v) is 3.76. The Morgan fingerprint density at radius 2 is 2.25 bits per heavy atom. The van der Waals surface area contributed by atoms with Crippen LogP contribution in [0.2, 0.25) is 0 Å². The van der Waals surface area contributed by atoms with Gasteiger partial charge in [-0.25, -0.2) is 4.39 Å². The minimum atomic E-state index is -0.500. The van der Waals surface area contributed by atoms with Gasteiger partial charge in [0.15, 0.2) is 0 Å².